The largest absolute Gasteiger partial charge is 0.295 e. The molecule has 0 aliphatic heterocycles. The van der Waals surface area contributed by atoms with Gasteiger partial charge in [0.05, 0.1) is 0 Å². The van der Waals surface area contributed by atoms with E-state index in [0.29, 0.717) is 11.7 Å². The Kier molecular flexibility index (Phi) is 2.85. The van der Waals surface area contributed by atoms with E-state index in [1.165, 1.54) is 36.8 Å². The molecule has 0 spiro atoms. The normalized spacial score (nSPS) is 27.4. The SMILES string of the molecule is C=CCC1CC(=O)C2=C1CCCCC2. The maximum Gasteiger partial charge on any atom is 0.159 e. The molecule has 0 saturated heterocycles. The van der Waals surface area contributed by atoms with Gasteiger partial charge in [-0.1, -0.05) is 18.1 Å². The van der Waals surface area contributed by atoms with Crippen LogP contribution < -0.4 is 0 Å². The maximum absolute atomic E-state index is 11.8. The van der Waals surface area contributed by atoms with E-state index in [-0.39, 0.29) is 0 Å². The van der Waals surface area contributed by atoms with E-state index in [1.807, 2.05) is 6.08 Å². The van der Waals surface area contributed by atoms with Crippen molar-refractivity contribution < 1.29 is 4.79 Å². The summed E-state index contributed by atoms with van der Waals surface area (Å²) in [5.41, 5.74) is 2.67. The third kappa shape index (κ3) is 1.68. The molecule has 0 aromatic rings. The van der Waals surface area contributed by atoms with Crippen LogP contribution in [0.4, 0.5) is 0 Å². The molecule has 0 heterocycles. The van der Waals surface area contributed by atoms with Crippen molar-refractivity contribution in [2.24, 2.45) is 5.92 Å². The Hall–Kier alpha value is -0.850. The molecule has 1 unspecified atom stereocenters. The predicted molar refractivity (Wildman–Crippen MR) is 58.0 cm³/mol. The summed E-state index contributed by atoms with van der Waals surface area (Å²) in [5.74, 6) is 0.932. The monoisotopic (exact) mass is 190 g/mol. The smallest absolute Gasteiger partial charge is 0.159 e. The van der Waals surface area contributed by atoms with Crippen LogP contribution in [-0.4, -0.2) is 5.78 Å². The number of carbonyl (C=O) groups is 1. The van der Waals surface area contributed by atoms with Crippen LogP contribution in [0.3, 0.4) is 0 Å². The highest BCUT2D eigenvalue weighted by Gasteiger charge is 2.31. The Morgan fingerprint density at radius 3 is 2.86 bits per heavy atom. The van der Waals surface area contributed by atoms with E-state index in [1.54, 1.807) is 0 Å². The first-order valence-corrected chi connectivity index (χ1v) is 5.69. The van der Waals surface area contributed by atoms with Crippen molar-refractivity contribution in [3.8, 4) is 0 Å². The third-order valence-corrected chi connectivity index (χ3v) is 3.47. The van der Waals surface area contributed by atoms with Gasteiger partial charge in [-0.05, 0) is 43.6 Å². The number of allylic oxidation sites excluding steroid dienone is 3. The Labute approximate surface area is 85.9 Å². The molecule has 0 saturated carbocycles. The molecule has 0 aromatic heterocycles. The summed E-state index contributed by atoms with van der Waals surface area (Å²) in [6.07, 6.45) is 9.70. The van der Waals surface area contributed by atoms with Crippen LogP contribution in [0.15, 0.2) is 23.8 Å². The lowest BCUT2D eigenvalue weighted by Gasteiger charge is -2.10. The number of Topliss-reactive ketones (excluding diaryl/α,β-unsaturated/α-hetero) is 1. The molecule has 1 nitrogen and oxygen atoms in total. The molecule has 1 heteroatoms. The van der Waals surface area contributed by atoms with Gasteiger partial charge in [-0.15, -0.1) is 6.58 Å². The Morgan fingerprint density at radius 1 is 1.29 bits per heavy atom. The molecule has 76 valence electrons. The lowest BCUT2D eigenvalue weighted by atomic mass is 9.94. The third-order valence-electron chi connectivity index (χ3n) is 3.47. The quantitative estimate of drug-likeness (QED) is 0.610. The van der Waals surface area contributed by atoms with Crippen LogP contribution in [0, 0.1) is 5.92 Å². The molecule has 0 amide bonds. The fourth-order valence-corrected chi connectivity index (χ4v) is 2.77. The minimum atomic E-state index is 0.425. The van der Waals surface area contributed by atoms with Gasteiger partial charge < -0.3 is 0 Å². The number of carbonyl (C=O) groups excluding carboxylic acids is 1. The van der Waals surface area contributed by atoms with Crippen molar-refractivity contribution in [3.63, 3.8) is 0 Å². The summed E-state index contributed by atoms with van der Waals surface area (Å²) >= 11 is 0. The molecule has 2 rings (SSSR count). The van der Waals surface area contributed by atoms with Crippen molar-refractivity contribution in [2.45, 2.75) is 44.9 Å². The van der Waals surface area contributed by atoms with Crippen LogP contribution in [-0.2, 0) is 4.79 Å². The fraction of sp³-hybridized carbons (Fsp3) is 0.615. The Bertz CT molecular complexity index is 286. The molecule has 0 fully saturated rings. The average molecular weight is 190 g/mol. The van der Waals surface area contributed by atoms with Crippen molar-refractivity contribution in [1.82, 2.24) is 0 Å². The summed E-state index contributed by atoms with van der Waals surface area (Å²) in [6, 6.07) is 0. The van der Waals surface area contributed by atoms with Crippen molar-refractivity contribution in [1.29, 1.82) is 0 Å². The summed E-state index contributed by atoms with van der Waals surface area (Å²) in [4.78, 5) is 11.8. The maximum atomic E-state index is 11.8. The molecule has 1 atom stereocenters. The van der Waals surface area contributed by atoms with Gasteiger partial charge in [0.1, 0.15) is 0 Å². The zero-order valence-electron chi connectivity index (χ0n) is 8.72. The number of hydrogen-bond acceptors (Lipinski definition) is 1. The molecule has 0 N–H and O–H groups in total. The standard InChI is InChI=1S/C13H18O/c1-2-6-10-9-13(14)12-8-5-3-4-7-11(10)12/h2,10H,1,3-9H2. The zero-order valence-corrected chi connectivity index (χ0v) is 8.72. The van der Waals surface area contributed by atoms with Gasteiger partial charge >= 0.3 is 0 Å². The van der Waals surface area contributed by atoms with E-state index in [9.17, 15) is 4.79 Å². The van der Waals surface area contributed by atoms with Crippen LogP contribution in [0.2, 0.25) is 0 Å². The molecule has 0 aromatic carbocycles. The highest BCUT2D eigenvalue weighted by Crippen LogP contribution is 2.39. The molecule has 0 bridgehead atoms. The minimum Gasteiger partial charge on any atom is -0.295 e. The first-order valence-electron chi connectivity index (χ1n) is 5.69. The van der Waals surface area contributed by atoms with E-state index >= 15 is 0 Å². The summed E-state index contributed by atoms with van der Waals surface area (Å²) in [6.45, 7) is 3.78. The van der Waals surface area contributed by atoms with Gasteiger partial charge in [0.15, 0.2) is 5.78 Å². The Balaban J connectivity index is 2.21. The first-order chi connectivity index (χ1) is 6.83. The second-order valence-corrected chi connectivity index (χ2v) is 4.41. The molecule has 0 radical (unpaired) electrons. The van der Waals surface area contributed by atoms with E-state index < -0.39 is 0 Å². The molecule has 14 heavy (non-hydrogen) atoms. The van der Waals surface area contributed by atoms with Crippen LogP contribution in [0.5, 0.6) is 0 Å². The average Bonchev–Trinajstić information content (AvgIpc) is 2.41. The summed E-state index contributed by atoms with van der Waals surface area (Å²) in [7, 11) is 0. The van der Waals surface area contributed by atoms with Gasteiger partial charge in [-0.2, -0.15) is 0 Å². The van der Waals surface area contributed by atoms with Gasteiger partial charge in [0.25, 0.3) is 0 Å². The summed E-state index contributed by atoms with van der Waals surface area (Å²) in [5, 5.41) is 0. The number of rotatable bonds is 2. The zero-order chi connectivity index (χ0) is 9.97. The first kappa shape index (κ1) is 9.70. The van der Waals surface area contributed by atoms with Gasteiger partial charge in [-0.25, -0.2) is 0 Å². The van der Waals surface area contributed by atoms with Crippen molar-refractivity contribution >= 4 is 5.78 Å². The van der Waals surface area contributed by atoms with E-state index in [0.717, 1.165) is 19.3 Å². The van der Waals surface area contributed by atoms with Crippen LogP contribution in [0.1, 0.15) is 44.9 Å². The number of ketones is 1. The van der Waals surface area contributed by atoms with E-state index in [4.69, 9.17) is 0 Å². The fourth-order valence-electron chi connectivity index (χ4n) is 2.77. The molecular formula is C13H18O. The van der Waals surface area contributed by atoms with Gasteiger partial charge in [-0.3, -0.25) is 4.79 Å². The molecule has 2 aliphatic carbocycles. The van der Waals surface area contributed by atoms with Gasteiger partial charge in [0, 0.05) is 6.42 Å². The lowest BCUT2D eigenvalue weighted by Crippen LogP contribution is -2.00. The number of hydrogen-bond donors (Lipinski definition) is 0. The van der Waals surface area contributed by atoms with Crippen LogP contribution in [0.25, 0.3) is 0 Å². The Morgan fingerprint density at radius 2 is 2.07 bits per heavy atom. The highest BCUT2D eigenvalue weighted by atomic mass is 16.1. The second kappa shape index (κ2) is 4.12. The van der Waals surface area contributed by atoms with Crippen molar-refractivity contribution in [3.05, 3.63) is 23.8 Å². The molecular weight excluding hydrogens is 172 g/mol. The summed E-state index contributed by atoms with van der Waals surface area (Å²) < 4.78 is 0. The topological polar surface area (TPSA) is 17.1 Å². The predicted octanol–water partition coefficient (Wildman–Crippen LogP) is 3.41. The highest BCUT2D eigenvalue weighted by molar-refractivity contribution is 5.99. The molecule has 2 aliphatic rings. The van der Waals surface area contributed by atoms with Crippen molar-refractivity contribution in [2.75, 3.05) is 0 Å². The van der Waals surface area contributed by atoms with E-state index in [2.05, 4.69) is 6.58 Å². The minimum absolute atomic E-state index is 0.425. The lowest BCUT2D eigenvalue weighted by molar-refractivity contribution is -0.115. The second-order valence-electron chi connectivity index (χ2n) is 4.41. The van der Waals surface area contributed by atoms with Crippen LogP contribution >= 0.6 is 0 Å². The van der Waals surface area contributed by atoms with Gasteiger partial charge in [0.2, 0.25) is 0 Å².